The predicted molar refractivity (Wildman–Crippen MR) is 69.8 cm³/mol. The van der Waals surface area contributed by atoms with Crippen LogP contribution < -0.4 is 0 Å². The summed E-state index contributed by atoms with van der Waals surface area (Å²) in [6, 6.07) is 10.1. The fourth-order valence-electron chi connectivity index (χ4n) is 1.92. The number of likely N-dealkylation sites (tertiary alicyclic amines) is 1. The molecule has 17 heavy (non-hydrogen) atoms. The van der Waals surface area contributed by atoms with Gasteiger partial charge in [0, 0.05) is 20.8 Å². The molecule has 1 aliphatic rings. The molecule has 1 aromatic carbocycles. The standard InChI is InChI=1S/C8H10O.C6H13NO/c1-9-7-8-5-3-2-4-6-8;1-7-5-3-4-6(7)8-2/h2-6H,7H2,1H3;6H,3-5H2,1-2H3. The molecule has 0 aliphatic carbocycles. The highest BCUT2D eigenvalue weighted by Gasteiger charge is 2.18. The highest BCUT2D eigenvalue weighted by atomic mass is 16.5. The van der Waals surface area contributed by atoms with E-state index < -0.39 is 0 Å². The van der Waals surface area contributed by atoms with Crippen LogP contribution in [0.2, 0.25) is 0 Å². The van der Waals surface area contributed by atoms with Crippen molar-refractivity contribution in [2.45, 2.75) is 25.7 Å². The average molecular weight is 237 g/mol. The lowest BCUT2D eigenvalue weighted by Crippen LogP contribution is -2.25. The molecule has 0 bridgehead atoms. The highest BCUT2D eigenvalue weighted by molar-refractivity contribution is 5.13. The SMILES string of the molecule is COC1CCCN1C.COCc1ccccc1. The van der Waals surface area contributed by atoms with Gasteiger partial charge in [-0.15, -0.1) is 0 Å². The molecular formula is C14H23NO2. The third-order valence-corrected chi connectivity index (χ3v) is 2.88. The summed E-state index contributed by atoms with van der Waals surface area (Å²) in [5.74, 6) is 0. The lowest BCUT2D eigenvalue weighted by Gasteiger charge is -2.16. The van der Waals surface area contributed by atoms with E-state index >= 15 is 0 Å². The highest BCUT2D eigenvalue weighted by Crippen LogP contribution is 2.13. The van der Waals surface area contributed by atoms with Gasteiger partial charge in [0.15, 0.2) is 0 Å². The van der Waals surface area contributed by atoms with Crippen molar-refractivity contribution in [3.63, 3.8) is 0 Å². The zero-order chi connectivity index (χ0) is 12.5. The topological polar surface area (TPSA) is 21.7 Å². The lowest BCUT2D eigenvalue weighted by atomic mass is 10.2. The monoisotopic (exact) mass is 237 g/mol. The molecule has 1 heterocycles. The fourth-order valence-corrected chi connectivity index (χ4v) is 1.92. The molecule has 0 spiro atoms. The van der Waals surface area contributed by atoms with Crippen LogP contribution in [0.15, 0.2) is 30.3 Å². The van der Waals surface area contributed by atoms with Gasteiger partial charge in [-0.1, -0.05) is 30.3 Å². The van der Waals surface area contributed by atoms with Gasteiger partial charge in [0.25, 0.3) is 0 Å². The normalized spacial score (nSPS) is 19.8. The van der Waals surface area contributed by atoms with Crippen molar-refractivity contribution in [3.05, 3.63) is 35.9 Å². The molecule has 3 heteroatoms. The second-order valence-corrected chi connectivity index (χ2v) is 4.23. The number of hydrogen-bond acceptors (Lipinski definition) is 3. The second kappa shape index (κ2) is 8.23. The van der Waals surface area contributed by atoms with E-state index in [9.17, 15) is 0 Å². The summed E-state index contributed by atoms with van der Waals surface area (Å²) in [5.41, 5.74) is 1.22. The van der Waals surface area contributed by atoms with Crippen molar-refractivity contribution in [3.8, 4) is 0 Å². The van der Waals surface area contributed by atoms with Crippen LogP contribution in [0.25, 0.3) is 0 Å². The van der Waals surface area contributed by atoms with Crippen molar-refractivity contribution in [1.29, 1.82) is 0 Å². The van der Waals surface area contributed by atoms with Gasteiger partial charge in [-0.3, -0.25) is 4.90 Å². The minimum Gasteiger partial charge on any atom is -0.380 e. The molecule has 2 rings (SSSR count). The van der Waals surface area contributed by atoms with Crippen molar-refractivity contribution in [1.82, 2.24) is 4.90 Å². The first kappa shape index (κ1) is 14.2. The number of methoxy groups -OCH3 is 2. The number of ether oxygens (including phenoxy) is 2. The van der Waals surface area contributed by atoms with E-state index in [1.54, 1.807) is 14.2 Å². The Morgan fingerprint density at radius 3 is 2.35 bits per heavy atom. The molecule has 0 aromatic heterocycles. The molecule has 1 aromatic rings. The fraction of sp³-hybridized carbons (Fsp3) is 0.571. The Bertz CT molecular complexity index is 290. The van der Waals surface area contributed by atoms with Gasteiger partial charge in [0.05, 0.1) is 6.61 Å². The summed E-state index contributed by atoms with van der Waals surface area (Å²) in [6.07, 6.45) is 2.89. The number of hydrogen-bond donors (Lipinski definition) is 0. The van der Waals surface area contributed by atoms with Gasteiger partial charge in [-0.2, -0.15) is 0 Å². The molecule has 96 valence electrons. The maximum Gasteiger partial charge on any atom is 0.110 e. The maximum absolute atomic E-state index is 5.15. The quantitative estimate of drug-likeness (QED) is 0.806. The van der Waals surface area contributed by atoms with Crippen molar-refractivity contribution < 1.29 is 9.47 Å². The first-order valence-electron chi connectivity index (χ1n) is 6.03. The maximum atomic E-state index is 5.15. The Morgan fingerprint density at radius 2 is 1.94 bits per heavy atom. The van der Waals surface area contributed by atoms with Crippen LogP contribution in [0.4, 0.5) is 0 Å². The molecule has 1 atom stereocenters. The van der Waals surface area contributed by atoms with Gasteiger partial charge in [0.1, 0.15) is 6.23 Å². The third kappa shape index (κ3) is 5.31. The zero-order valence-electron chi connectivity index (χ0n) is 11.1. The van der Waals surface area contributed by atoms with Crippen LogP contribution >= 0.6 is 0 Å². The number of benzene rings is 1. The number of nitrogens with zero attached hydrogens (tertiary/aromatic N) is 1. The van der Waals surface area contributed by atoms with Crippen LogP contribution in [0, 0.1) is 0 Å². The second-order valence-electron chi connectivity index (χ2n) is 4.23. The van der Waals surface area contributed by atoms with E-state index in [0.29, 0.717) is 12.8 Å². The molecule has 0 radical (unpaired) electrons. The summed E-state index contributed by atoms with van der Waals surface area (Å²) in [6.45, 7) is 1.90. The Hall–Kier alpha value is -0.900. The first-order valence-corrected chi connectivity index (χ1v) is 6.03. The summed E-state index contributed by atoms with van der Waals surface area (Å²) >= 11 is 0. The van der Waals surface area contributed by atoms with Crippen molar-refractivity contribution >= 4 is 0 Å². The molecule has 3 nitrogen and oxygen atoms in total. The molecule has 0 saturated carbocycles. The van der Waals surface area contributed by atoms with Crippen molar-refractivity contribution in [2.75, 3.05) is 27.8 Å². The van der Waals surface area contributed by atoms with Crippen LogP contribution in [0.5, 0.6) is 0 Å². The Morgan fingerprint density at radius 1 is 1.24 bits per heavy atom. The smallest absolute Gasteiger partial charge is 0.110 e. The van der Waals surface area contributed by atoms with Gasteiger partial charge < -0.3 is 9.47 Å². The van der Waals surface area contributed by atoms with Crippen LogP contribution in [0.3, 0.4) is 0 Å². The number of rotatable bonds is 3. The summed E-state index contributed by atoms with van der Waals surface area (Å²) in [4.78, 5) is 2.24. The van der Waals surface area contributed by atoms with Crippen LogP contribution in [-0.2, 0) is 16.1 Å². The molecule has 0 amide bonds. The average Bonchev–Trinajstić information content (AvgIpc) is 2.77. The molecule has 0 N–H and O–H groups in total. The van der Waals surface area contributed by atoms with E-state index in [0.717, 1.165) is 0 Å². The van der Waals surface area contributed by atoms with Crippen LogP contribution in [-0.4, -0.2) is 38.9 Å². The minimum atomic E-state index is 0.398. The largest absolute Gasteiger partial charge is 0.380 e. The van der Waals surface area contributed by atoms with Gasteiger partial charge in [-0.05, 0) is 25.5 Å². The lowest BCUT2D eigenvalue weighted by molar-refractivity contribution is 0.0109. The van der Waals surface area contributed by atoms with E-state index in [1.165, 1.54) is 24.9 Å². The predicted octanol–water partition coefficient (Wildman–Crippen LogP) is 2.52. The summed E-state index contributed by atoms with van der Waals surface area (Å²) < 4.78 is 10.1. The molecular weight excluding hydrogens is 214 g/mol. The van der Waals surface area contributed by atoms with E-state index in [1.807, 2.05) is 30.3 Å². The van der Waals surface area contributed by atoms with Crippen molar-refractivity contribution in [2.24, 2.45) is 0 Å². The van der Waals surface area contributed by atoms with E-state index in [4.69, 9.17) is 9.47 Å². The third-order valence-electron chi connectivity index (χ3n) is 2.88. The van der Waals surface area contributed by atoms with E-state index in [2.05, 4.69) is 11.9 Å². The summed E-state index contributed by atoms with van der Waals surface area (Å²) in [7, 11) is 5.57. The van der Waals surface area contributed by atoms with E-state index in [-0.39, 0.29) is 0 Å². The Labute approximate surface area is 104 Å². The van der Waals surface area contributed by atoms with Gasteiger partial charge in [0.2, 0.25) is 0 Å². The Balaban J connectivity index is 0.000000171. The molecule has 1 aliphatic heterocycles. The zero-order valence-corrected chi connectivity index (χ0v) is 11.1. The molecule has 1 unspecified atom stereocenters. The van der Waals surface area contributed by atoms with Gasteiger partial charge >= 0.3 is 0 Å². The Kier molecular flexibility index (Phi) is 6.86. The van der Waals surface area contributed by atoms with Gasteiger partial charge in [-0.25, -0.2) is 0 Å². The summed E-state index contributed by atoms with van der Waals surface area (Å²) in [5, 5.41) is 0. The minimum absolute atomic E-state index is 0.398. The first-order chi connectivity index (χ1) is 8.27. The van der Waals surface area contributed by atoms with Crippen LogP contribution in [0.1, 0.15) is 18.4 Å². The molecule has 1 fully saturated rings. The molecule has 1 saturated heterocycles.